The van der Waals surface area contributed by atoms with Gasteiger partial charge in [-0.3, -0.25) is 0 Å². The molecule has 4 nitrogen and oxygen atoms in total. The van der Waals surface area contributed by atoms with E-state index in [0.29, 0.717) is 4.74 Å². The van der Waals surface area contributed by atoms with Gasteiger partial charge in [-0.2, -0.15) is 0 Å². The zero-order valence-electron chi connectivity index (χ0n) is 11.2. The van der Waals surface area contributed by atoms with Crippen molar-refractivity contribution in [1.29, 1.82) is 0 Å². The third-order valence-electron chi connectivity index (χ3n) is 2.47. The number of benzene rings is 1. The van der Waals surface area contributed by atoms with E-state index in [4.69, 9.17) is 9.47 Å². The number of rotatable bonds is 6. The average Bonchev–Trinajstić information content (AvgIpc) is 2.32. The van der Waals surface area contributed by atoms with Crippen LogP contribution in [0.1, 0.15) is 19.4 Å². The average molecular weight is 273 g/mol. The summed E-state index contributed by atoms with van der Waals surface area (Å²) in [6.07, 6.45) is 1.07. The standard InChI is InChI=1S/C13H17F2NO3/c1-13(2,8-19-9-18-3)16(17)7-10-4-5-11(14)6-12(10)15/h4-7H,8-9H2,1-3H3. The van der Waals surface area contributed by atoms with Crippen LogP contribution in [0.3, 0.4) is 0 Å². The van der Waals surface area contributed by atoms with Crippen LogP contribution in [0.4, 0.5) is 8.78 Å². The molecule has 19 heavy (non-hydrogen) atoms. The van der Waals surface area contributed by atoms with E-state index in [-0.39, 0.29) is 19.0 Å². The highest BCUT2D eigenvalue weighted by Crippen LogP contribution is 2.11. The van der Waals surface area contributed by atoms with Gasteiger partial charge in [0.1, 0.15) is 25.0 Å². The first-order valence-electron chi connectivity index (χ1n) is 5.70. The molecular weight excluding hydrogens is 256 g/mol. The molecule has 0 fully saturated rings. The monoisotopic (exact) mass is 273 g/mol. The first-order chi connectivity index (χ1) is 8.86. The maximum atomic E-state index is 13.4. The summed E-state index contributed by atoms with van der Waals surface area (Å²) in [6, 6.07) is 3.03. The molecule has 0 amide bonds. The van der Waals surface area contributed by atoms with Crippen LogP contribution in [0.15, 0.2) is 18.2 Å². The fourth-order valence-electron chi connectivity index (χ4n) is 1.35. The van der Waals surface area contributed by atoms with E-state index in [1.54, 1.807) is 13.8 Å². The number of hydroxylamine groups is 1. The third kappa shape index (κ3) is 4.57. The Bertz CT molecular complexity index is 461. The number of halogens is 2. The molecule has 1 aromatic carbocycles. The van der Waals surface area contributed by atoms with Gasteiger partial charge in [0.05, 0.1) is 5.56 Å². The van der Waals surface area contributed by atoms with Gasteiger partial charge in [0.2, 0.25) is 0 Å². The molecule has 0 saturated heterocycles. The molecule has 1 rings (SSSR count). The molecule has 6 heteroatoms. The van der Waals surface area contributed by atoms with E-state index in [2.05, 4.69) is 0 Å². The molecule has 0 radical (unpaired) electrons. The Balaban J connectivity index is 2.84. The van der Waals surface area contributed by atoms with Gasteiger partial charge < -0.3 is 14.7 Å². The summed E-state index contributed by atoms with van der Waals surface area (Å²) in [4.78, 5) is 0. The predicted molar refractivity (Wildman–Crippen MR) is 67.1 cm³/mol. The van der Waals surface area contributed by atoms with Crippen LogP contribution in [0.5, 0.6) is 0 Å². The molecule has 106 valence electrons. The van der Waals surface area contributed by atoms with E-state index in [0.717, 1.165) is 18.3 Å². The minimum absolute atomic E-state index is 0.0243. The molecule has 0 aromatic heterocycles. The predicted octanol–water partition coefficient (Wildman–Crippen LogP) is 2.29. The molecule has 0 atom stereocenters. The van der Waals surface area contributed by atoms with Gasteiger partial charge in [0.25, 0.3) is 0 Å². The molecule has 0 aliphatic heterocycles. The van der Waals surface area contributed by atoms with Crippen molar-refractivity contribution in [1.82, 2.24) is 0 Å². The Morgan fingerprint density at radius 2 is 2.05 bits per heavy atom. The fraction of sp³-hybridized carbons (Fsp3) is 0.462. The number of methoxy groups -OCH3 is 1. The molecule has 0 unspecified atom stereocenters. The highest BCUT2D eigenvalue weighted by atomic mass is 19.1. The molecule has 0 N–H and O–H groups in total. The zero-order valence-corrected chi connectivity index (χ0v) is 11.2. The van der Waals surface area contributed by atoms with Crippen LogP contribution < -0.4 is 0 Å². The van der Waals surface area contributed by atoms with E-state index in [1.165, 1.54) is 13.2 Å². The van der Waals surface area contributed by atoms with Crippen LogP contribution in [0, 0.1) is 16.8 Å². The van der Waals surface area contributed by atoms with Crippen molar-refractivity contribution in [2.24, 2.45) is 0 Å². The van der Waals surface area contributed by atoms with Gasteiger partial charge in [0, 0.05) is 27.0 Å². The van der Waals surface area contributed by atoms with Crippen LogP contribution >= 0.6 is 0 Å². The minimum Gasteiger partial charge on any atom is -0.623 e. The number of hydrogen-bond donors (Lipinski definition) is 0. The van der Waals surface area contributed by atoms with Gasteiger partial charge in [-0.25, -0.2) is 13.5 Å². The number of ether oxygens (including phenoxy) is 2. The lowest BCUT2D eigenvalue weighted by atomic mass is 10.1. The van der Waals surface area contributed by atoms with Crippen LogP contribution in [0.25, 0.3) is 0 Å². The van der Waals surface area contributed by atoms with Crippen molar-refractivity contribution in [3.05, 3.63) is 40.6 Å². The maximum Gasteiger partial charge on any atom is 0.190 e. The van der Waals surface area contributed by atoms with Crippen molar-refractivity contribution in [2.75, 3.05) is 20.5 Å². The Morgan fingerprint density at radius 1 is 1.37 bits per heavy atom. The Morgan fingerprint density at radius 3 is 2.63 bits per heavy atom. The normalized spacial score (nSPS) is 12.8. The fourth-order valence-corrected chi connectivity index (χ4v) is 1.35. The Labute approximate surface area is 110 Å². The maximum absolute atomic E-state index is 13.4. The summed E-state index contributed by atoms with van der Waals surface area (Å²) in [5.41, 5.74) is -0.865. The Hall–Kier alpha value is -1.53. The van der Waals surface area contributed by atoms with Crippen molar-refractivity contribution in [2.45, 2.75) is 19.4 Å². The van der Waals surface area contributed by atoms with E-state index in [1.807, 2.05) is 0 Å². The minimum atomic E-state index is -0.890. The number of nitrogens with zero attached hydrogens (tertiary/aromatic N) is 1. The van der Waals surface area contributed by atoms with Crippen LogP contribution in [-0.4, -0.2) is 37.0 Å². The van der Waals surface area contributed by atoms with Gasteiger partial charge in [-0.05, 0) is 12.1 Å². The first kappa shape index (κ1) is 15.5. The van der Waals surface area contributed by atoms with Gasteiger partial charge >= 0.3 is 0 Å². The topological polar surface area (TPSA) is 44.5 Å². The van der Waals surface area contributed by atoms with E-state index < -0.39 is 17.2 Å². The second-order valence-corrected chi connectivity index (χ2v) is 4.69. The van der Waals surface area contributed by atoms with E-state index >= 15 is 0 Å². The number of hydrogen-bond acceptors (Lipinski definition) is 3. The molecule has 0 heterocycles. The summed E-state index contributed by atoms with van der Waals surface area (Å²) in [7, 11) is 1.47. The second kappa shape index (κ2) is 6.58. The molecule has 0 saturated carbocycles. The summed E-state index contributed by atoms with van der Waals surface area (Å²) in [6.45, 7) is 3.48. The summed E-state index contributed by atoms with van der Waals surface area (Å²) < 4.78 is 36.6. The van der Waals surface area contributed by atoms with Gasteiger partial charge in [0.15, 0.2) is 11.8 Å². The van der Waals surface area contributed by atoms with Crippen LogP contribution in [0.2, 0.25) is 0 Å². The highest BCUT2D eigenvalue weighted by molar-refractivity contribution is 5.76. The summed E-state index contributed by atoms with van der Waals surface area (Å²) >= 11 is 0. The smallest absolute Gasteiger partial charge is 0.190 e. The lowest BCUT2D eigenvalue weighted by Gasteiger charge is -2.23. The second-order valence-electron chi connectivity index (χ2n) is 4.69. The molecule has 0 aliphatic rings. The van der Waals surface area contributed by atoms with Crippen molar-refractivity contribution in [3.8, 4) is 0 Å². The lowest BCUT2D eigenvalue weighted by Crippen LogP contribution is -2.38. The van der Waals surface area contributed by atoms with Crippen molar-refractivity contribution >= 4 is 6.21 Å². The molecular formula is C13H17F2NO3. The summed E-state index contributed by atoms with van der Waals surface area (Å²) in [5.74, 6) is -1.47. The largest absolute Gasteiger partial charge is 0.623 e. The van der Waals surface area contributed by atoms with Gasteiger partial charge in [-0.1, -0.05) is 0 Å². The quantitative estimate of drug-likeness (QED) is 0.199. The SMILES string of the molecule is COCOCC(C)(C)[N+]([O-])=Cc1ccc(F)cc1F. The van der Waals surface area contributed by atoms with Crippen molar-refractivity contribution in [3.63, 3.8) is 0 Å². The third-order valence-corrected chi connectivity index (χ3v) is 2.47. The van der Waals surface area contributed by atoms with Crippen molar-refractivity contribution < 1.29 is 23.0 Å². The Kier molecular flexibility index (Phi) is 5.38. The van der Waals surface area contributed by atoms with Crippen LogP contribution in [-0.2, 0) is 9.47 Å². The van der Waals surface area contributed by atoms with E-state index in [9.17, 15) is 14.0 Å². The zero-order chi connectivity index (χ0) is 14.5. The molecule has 0 bridgehead atoms. The molecule has 0 aliphatic carbocycles. The molecule has 1 aromatic rings. The van der Waals surface area contributed by atoms with Gasteiger partial charge in [-0.15, -0.1) is 0 Å². The summed E-state index contributed by atoms with van der Waals surface area (Å²) in [5, 5.41) is 11.9. The molecule has 0 spiro atoms. The first-order valence-corrected chi connectivity index (χ1v) is 5.70. The lowest BCUT2D eigenvalue weighted by molar-refractivity contribution is -0.541. The highest BCUT2D eigenvalue weighted by Gasteiger charge is 2.27.